The molecule has 4 rings (SSSR count). The van der Waals surface area contributed by atoms with Crippen molar-refractivity contribution < 1.29 is 14.0 Å². The molecule has 1 aromatic heterocycles. The van der Waals surface area contributed by atoms with Crippen LogP contribution < -0.4 is 5.73 Å². The number of ketones is 1. The van der Waals surface area contributed by atoms with Gasteiger partial charge in [-0.05, 0) is 43.0 Å². The minimum absolute atomic E-state index is 0.0187. The lowest BCUT2D eigenvalue weighted by atomic mass is 9.93. The van der Waals surface area contributed by atoms with Gasteiger partial charge >= 0.3 is 0 Å². The Labute approximate surface area is 180 Å². The Bertz CT molecular complexity index is 985. The van der Waals surface area contributed by atoms with Gasteiger partial charge in [0.25, 0.3) is 0 Å². The fraction of sp³-hybridized carbons (Fsp3) is 0.409. The second kappa shape index (κ2) is 8.73. The molecule has 2 fully saturated rings. The highest BCUT2D eigenvalue weighted by Crippen LogP contribution is 2.39. The van der Waals surface area contributed by atoms with E-state index in [2.05, 4.69) is 10.00 Å². The largest absolute Gasteiger partial charge is 0.368 e. The number of carbonyl (C=O) groups excluding carboxylic acids is 2. The monoisotopic (exact) mass is 428 g/mol. The molecule has 2 N–H and O–H groups in total. The zero-order chi connectivity index (χ0) is 21.3. The zero-order valence-electron chi connectivity index (χ0n) is 16.6. The maximum Gasteiger partial charge on any atom is 0.239 e. The van der Waals surface area contributed by atoms with Crippen molar-refractivity contribution in [3.05, 3.63) is 59.2 Å². The molecule has 8 heteroatoms. The summed E-state index contributed by atoms with van der Waals surface area (Å²) in [5.41, 5.74) is 7.37. The molecule has 30 heavy (non-hydrogen) atoms. The first kappa shape index (κ1) is 20.8. The van der Waals surface area contributed by atoms with E-state index in [1.54, 1.807) is 30.5 Å². The maximum absolute atomic E-state index is 14.6. The number of likely N-dealkylation sites (tertiary alicyclic amines) is 1. The SMILES string of the molecule is NC(=O)Cn1ccc(C=C2CN(C(C(=O)C3CC3)c3ccccc3F)CCC2S)n1. The third-order valence-electron chi connectivity index (χ3n) is 5.63. The van der Waals surface area contributed by atoms with E-state index in [4.69, 9.17) is 18.4 Å². The average molecular weight is 429 g/mol. The second-order valence-corrected chi connectivity index (χ2v) is 8.62. The van der Waals surface area contributed by atoms with E-state index in [0.29, 0.717) is 24.3 Å². The molecule has 1 aliphatic carbocycles. The molecule has 1 amide bonds. The fourth-order valence-electron chi connectivity index (χ4n) is 3.96. The van der Waals surface area contributed by atoms with Gasteiger partial charge in [-0.15, -0.1) is 0 Å². The molecule has 1 saturated heterocycles. The van der Waals surface area contributed by atoms with Crippen molar-refractivity contribution in [3.63, 3.8) is 0 Å². The van der Waals surface area contributed by atoms with Crippen LogP contribution in [0.1, 0.15) is 36.6 Å². The quantitative estimate of drug-likeness (QED) is 0.665. The molecule has 1 saturated carbocycles. The number of aromatic nitrogens is 2. The van der Waals surface area contributed by atoms with Gasteiger partial charge in [0.2, 0.25) is 5.91 Å². The third-order valence-corrected chi connectivity index (χ3v) is 6.22. The molecule has 1 aromatic carbocycles. The molecule has 0 spiro atoms. The Hall–Kier alpha value is -2.45. The van der Waals surface area contributed by atoms with Gasteiger partial charge in [0, 0.05) is 36.0 Å². The van der Waals surface area contributed by atoms with Crippen molar-refractivity contribution in [2.45, 2.75) is 37.1 Å². The zero-order valence-corrected chi connectivity index (χ0v) is 17.5. The molecule has 2 aromatic rings. The van der Waals surface area contributed by atoms with Gasteiger partial charge in [-0.2, -0.15) is 17.7 Å². The van der Waals surface area contributed by atoms with Crippen LogP contribution >= 0.6 is 12.6 Å². The van der Waals surface area contributed by atoms with Crippen LogP contribution in [0.15, 0.2) is 42.1 Å². The summed E-state index contributed by atoms with van der Waals surface area (Å²) in [7, 11) is 0. The number of thiol groups is 1. The molecule has 158 valence electrons. The number of benzene rings is 1. The number of rotatable bonds is 7. The normalized spacial score (nSPS) is 22.2. The van der Waals surface area contributed by atoms with Crippen LogP contribution in [0.25, 0.3) is 6.08 Å². The van der Waals surface area contributed by atoms with Crippen LogP contribution in [0.5, 0.6) is 0 Å². The van der Waals surface area contributed by atoms with Crippen molar-refractivity contribution in [1.29, 1.82) is 0 Å². The number of nitrogens with zero attached hydrogens (tertiary/aromatic N) is 3. The van der Waals surface area contributed by atoms with Gasteiger partial charge in [-0.1, -0.05) is 18.2 Å². The third kappa shape index (κ3) is 4.65. The number of amides is 1. The lowest BCUT2D eigenvalue weighted by molar-refractivity contribution is -0.126. The van der Waals surface area contributed by atoms with Gasteiger partial charge in [-0.25, -0.2) is 4.39 Å². The molecule has 0 radical (unpaired) electrons. The summed E-state index contributed by atoms with van der Waals surface area (Å²) >= 11 is 4.71. The highest BCUT2D eigenvalue weighted by molar-refractivity contribution is 7.81. The molecular weight excluding hydrogens is 403 g/mol. The lowest BCUT2D eigenvalue weighted by Crippen LogP contribution is -2.42. The van der Waals surface area contributed by atoms with Crippen LogP contribution in [0.3, 0.4) is 0 Å². The van der Waals surface area contributed by atoms with E-state index >= 15 is 0 Å². The molecule has 2 aliphatic rings. The van der Waals surface area contributed by atoms with Gasteiger partial charge in [-0.3, -0.25) is 19.2 Å². The molecule has 2 unspecified atom stereocenters. The van der Waals surface area contributed by atoms with E-state index in [1.165, 1.54) is 10.7 Å². The Morgan fingerprint density at radius 1 is 1.27 bits per heavy atom. The van der Waals surface area contributed by atoms with E-state index in [-0.39, 0.29) is 29.3 Å². The maximum atomic E-state index is 14.6. The Kier molecular flexibility index (Phi) is 6.06. The number of piperidine rings is 1. The lowest BCUT2D eigenvalue weighted by Gasteiger charge is -2.37. The van der Waals surface area contributed by atoms with Gasteiger partial charge < -0.3 is 5.73 Å². The van der Waals surface area contributed by atoms with Crippen molar-refractivity contribution in [3.8, 4) is 0 Å². The van der Waals surface area contributed by atoms with Gasteiger partial charge in [0.1, 0.15) is 12.4 Å². The summed E-state index contributed by atoms with van der Waals surface area (Å²) < 4.78 is 16.1. The Morgan fingerprint density at radius 3 is 2.73 bits per heavy atom. The number of hydrogen-bond acceptors (Lipinski definition) is 5. The van der Waals surface area contributed by atoms with Crippen LogP contribution in [-0.4, -0.2) is 44.7 Å². The molecular formula is C22H25FN4O2S. The first-order chi connectivity index (χ1) is 14.4. The highest BCUT2D eigenvalue weighted by Gasteiger charge is 2.40. The molecule has 2 heterocycles. The molecule has 1 aliphatic heterocycles. The van der Waals surface area contributed by atoms with E-state index in [0.717, 1.165) is 24.8 Å². The fourth-order valence-corrected chi connectivity index (χ4v) is 4.24. The van der Waals surface area contributed by atoms with Crippen molar-refractivity contribution in [2.75, 3.05) is 13.1 Å². The summed E-state index contributed by atoms with van der Waals surface area (Å²) in [6.07, 6.45) is 6.14. The number of Topliss-reactive ketones (excluding diaryl/α,β-unsaturated/α-hetero) is 1. The summed E-state index contributed by atoms with van der Waals surface area (Å²) in [4.78, 5) is 26.2. The van der Waals surface area contributed by atoms with Crippen LogP contribution in [-0.2, 0) is 16.1 Å². The Morgan fingerprint density at radius 2 is 2.03 bits per heavy atom. The molecule has 6 nitrogen and oxygen atoms in total. The summed E-state index contributed by atoms with van der Waals surface area (Å²) in [5.74, 6) is -0.678. The van der Waals surface area contributed by atoms with Crippen molar-refractivity contribution in [1.82, 2.24) is 14.7 Å². The van der Waals surface area contributed by atoms with Crippen LogP contribution in [0.2, 0.25) is 0 Å². The topological polar surface area (TPSA) is 81.2 Å². The van der Waals surface area contributed by atoms with Crippen molar-refractivity contribution >= 4 is 30.4 Å². The van der Waals surface area contributed by atoms with E-state index in [1.807, 2.05) is 6.08 Å². The predicted octanol–water partition coefficient (Wildman–Crippen LogP) is 2.62. The minimum atomic E-state index is -0.588. The number of halogens is 1. The Balaban J connectivity index is 1.60. The number of nitrogens with two attached hydrogens (primary N) is 1. The molecule has 0 bridgehead atoms. The standard InChI is InChI=1S/C22H25FN4O2S/c23-18-4-2-1-3-17(18)21(22(29)14-5-6-14)26-9-8-19(30)15(12-26)11-16-7-10-27(25-16)13-20(24)28/h1-4,7,10-11,14,19,21,30H,5-6,8-9,12-13H2,(H2,24,28). The second-order valence-electron chi connectivity index (χ2n) is 8.00. The first-order valence-corrected chi connectivity index (χ1v) is 10.7. The van der Waals surface area contributed by atoms with E-state index < -0.39 is 11.9 Å². The summed E-state index contributed by atoms with van der Waals surface area (Å²) in [6.45, 7) is 1.19. The van der Waals surface area contributed by atoms with Crippen LogP contribution in [0, 0.1) is 11.7 Å². The smallest absolute Gasteiger partial charge is 0.239 e. The molecule has 2 atom stereocenters. The highest BCUT2D eigenvalue weighted by atomic mass is 32.1. The van der Waals surface area contributed by atoms with Crippen LogP contribution in [0.4, 0.5) is 4.39 Å². The average Bonchev–Trinajstić information content (AvgIpc) is 3.47. The number of hydrogen-bond donors (Lipinski definition) is 2. The first-order valence-electron chi connectivity index (χ1n) is 10.1. The number of carbonyl (C=O) groups is 2. The van der Waals surface area contributed by atoms with Crippen molar-refractivity contribution in [2.24, 2.45) is 11.7 Å². The van der Waals surface area contributed by atoms with Gasteiger partial charge in [0.15, 0.2) is 5.78 Å². The summed E-state index contributed by atoms with van der Waals surface area (Å²) in [6, 6.07) is 7.76. The predicted molar refractivity (Wildman–Crippen MR) is 115 cm³/mol. The minimum Gasteiger partial charge on any atom is -0.368 e. The summed E-state index contributed by atoms with van der Waals surface area (Å²) in [5, 5.41) is 4.38. The van der Waals surface area contributed by atoms with Gasteiger partial charge in [0.05, 0.1) is 11.7 Å². The number of primary amides is 1. The van der Waals surface area contributed by atoms with E-state index in [9.17, 15) is 14.0 Å².